The molecule has 0 radical (unpaired) electrons. The fourth-order valence-electron chi connectivity index (χ4n) is 3.16. The van der Waals surface area contributed by atoms with Crippen molar-refractivity contribution in [2.24, 2.45) is 5.73 Å². The predicted molar refractivity (Wildman–Crippen MR) is 74.9 cm³/mol. The van der Waals surface area contributed by atoms with Crippen LogP contribution in [-0.2, 0) is 17.9 Å². The van der Waals surface area contributed by atoms with E-state index in [1.807, 2.05) is 25.2 Å². The number of benzene rings is 1. The molecule has 1 unspecified atom stereocenters. The van der Waals surface area contributed by atoms with Gasteiger partial charge in [-0.3, -0.25) is 14.5 Å². The molecule has 5 nitrogen and oxygen atoms in total. The summed E-state index contributed by atoms with van der Waals surface area (Å²) in [6.45, 7) is 2.25. The monoisotopic (exact) mass is 273 g/mol. The highest BCUT2D eigenvalue weighted by atomic mass is 16.2. The number of primary amides is 1. The molecule has 1 aromatic carbocycles. The van der Waals surface area contributed by atoms with Crippen LogP contribution in [0.3, 0.4) is 0 Å². The van der Waals surface area contributed by atoms with Crippen molar-refractivity contribution in [1.29, 1.82) is 0 Å². The van der Waals surface area contributed by atoms with Crippen LogP contribution >= 0.6 is 0 Å². The summed E-state index contributed by atoms with van der Waals surface area (Å²) in [5, 5.41) is 0. The van der Waals surface area contributed by atoms with Crippen molar-refractivity contribution in [2.45, 2.75) is 32.0 Å². The molecular weight excluding hydrogens is 254 g/mol. The number of rotatable bonds is 3. The maximum atomic E-state index is 12.0. The highest BCUT2D eigenvalue weighted by Gasteiger charge is 2.30. The van der Waals surface area contributed by atoms with Gasteiger partial charge in [0, 0.05) is 25.7 Å². The van der Waals surface area contributed by atoms with Crippen LogP contribution < -0.4 is 5.73 Å². The molecule has 0 aliphatic carbocycles. The van der Waals surface area contributed by atoms with Crippen LogP contribution in [0.1, 0.15) is 34.3 Å². The van der Waals surface area contributed by atoms with E-state index in [4.69, 9.17) is 5.73 Å². The fraction of sp³-hybridized carbons (Fsp3) is 0.467. The lowest BCUT2D eigenvalue weighted by atomic mass is 10.1. The van der Waals surface area contributed by atoms with Gasteiger partial charge in [0.05, 0.1) is 6.04 Å². The summed E-state index contributed by atoms with van der Waals surface area (Å²) in [6, 6.07) is 5.85. The molecule has 3 rings (SSSR count). The van der Waals surface area contributed by atoms with Crippen LogP contribution in [0.15, 0.2) is 18.2 Å². The van der Waals surface area contributed by atoms with Crippen molar-refractivity contribution < 1.29 is 9.59 Å². The summed E-state index contributed by atoms with van der Waals surface area (Å²) >= 11 is 0. The second kappa shape index (κ2) is 4.90. The first-order valence-corrected chi connectivity index (χ1v) is 6.97. The lowest BCUT2D eigenvalue weighted by Crippen LogP contribution is -2.39. The third kappa shape index (κ3) is 2.18. The van der Waals surface area contributed by atoms with E-state index < -0.39 is 0 Å². The summed E-state index contributed by atoms with van der Waals surface area (Å²) in [7, 11) is 1.81. The minimum absolute atomic E-state index is 0.0784. The summed E-state index contributed by atoms with van der Waals surface area (Å²) < 4.78 is 0. The van der Waals surface area contributed by atoms with Gasteiger partial charge >= 0.3 is 0 Å². The Bertz CT molecular complexity index is 570. The molecular formula is C15H19N3O2. The zero-order chi connectivity index (χ0) is 14.3. The highest BCUT2D eigenvalue weighted by molar-refractivity contribution is 5.98. The lowest BCUT2D eigenvalue weighted by molar-refractivity contribution is -0.122. The minimum Gasteiger partial charge on any atom is -0.368 e. The maximum absolute atomic E-state index is 12.0. The number of likely N-dealkylation sites (tertiary alicyclic amines) is 1. The third-order valence-electron chi connectivity index (χ3n) is 4.24. The van der Waals surface area contributed by atoms with Crippen molar-refractivity contribution in [2.75, 3.05) is 13.6 Å². The molecule has 0 spiro atoms. The zero-order valence-corrected chi connectivity index (χ0v) is 11.6. The Morgan fingerprint density at radius 2 is 2.25 bits per heavy atom. The van der Waals surface area contributed by atoms with Gasteiger partial charge in [0.15, 0.2) is 0 Å². The van der Waals surface area contributed by atoms with Crippen LogP contribution in [0.5, 0.6) is 0 Å². The van der Waals surface area contributed by atoms with Gasteiger partial charge in [-0.25, -0.2) is 0 Å². The first-order valence-electron chi connectivity index (χ1n) is 6.97. The lowest BCUT2D eigenvalue weighted by Gasteiger charge is -2.21. The topological polar surface area (TPSA) is 66.6 Å². The van der Waals surface area contributed by atoms with Crippen LogP contribution in [0, 0.1) is 0 Å². The molecule has 1 atom stereocenters. The number of carbonyl (C=O) groups excluding carboxylic acids is 2. The van der Waals surface area contributed by atoms with Gasteiger partial charge in [0.2, 0.25) is 5.91 Å². The molecule has 1 saturated heterocycles. The number of fused-ring (bicyclic) bond motifs is 1. The number of hydrogen-bond donors (Lipinski definition) is 1. The smallest absolute Gasteiger partial charge is 0.254 e. The van der Waals surface area contributed by atoms with Crippen LogP contribution in [0.25, 0.3) is 0 Å². The standard InChI is InChI=1S/C15H19N3O2/c1-17-9-11-5-4-10(7-12(11)15(17)20)8-18-6-2-3-13(18)14(16)19/h4-5,7,13H,2-3,6,8-9H2,1H3,(H2,16,19). The predicted octanol–water partition coefficient (Wildman–Crippen LogP) is 0.722. The Morgan fingerprint density at radius 1 is 1.45 bits per heavy atom. The SMILES string of the molecule is CN1Cc2ccc(CN3CCCC3C(N)=O)cc2C1=O. The average Bonchev–Trinajstić information content (AvgIpc) is 2.97. The Balaban J connectivity index is 1.79. The van der Waals surface area contributed by atoms with E-state index in [-0.39, 0.29) is 17.9 Å². The molecule has 5 heteroatoms. The molecule has 1 fully saturated rings. The van der Waals surface area contributed by atoms with E-state index in [1.54, 1.807) is 4.90 Å². The molecule has 0 bridgehead atoms. The van der Waals surface area contributed by atoms with Gasteiger partial charge in [-0.15, -0.1) is 0 Å². The normalized spacial score (nSPS) is 22.4. The van der Waals surface area contributed by atoms with E-state index in [9.17, 15) is 9.59 Å². The number of nitrogens with two attached hydrogens (primary N) is 1. The van der Waals surface area contributed by atoms with Crippen molar-refractivity contribution in [3.8, 4) is 0 Å². The Labute approximate surface area is 118 Å². The molecule has 1 aromatic rings. The maximum Gasteiger partial charge on any atom is 0.254 e. The summed E-state index contributed by atoms with van der Waals surface area (Å²) in [5.41, 5.74) is 8.37. The first kappa shape index (κ1) is 13.1. The van der Waals surface area contributed by atoms with Crippen LogP contribution in [0.2, 0.25) is 0 Å². The van der Waals surface area contributed by atoms with Crippen molar-refractivity contribution in [3.63, 3.8) is 0 Å². The minimum atomic E-state index is -0.250. The Hall–Kier alpha value is -1.88. The van der Waals surface area contributed by atoms with E-state index in [0.717, 1.165) is 36.1 Å². The van der Waals surface area contributed by atoms with Gasteiger partial charge < -0.3 is 10.6 Å². The van der Waals surface area contributed by atoms with Gasteiger partial charge in [0.1, 0.15) is 0 Å². The first-order chi connectivity index (χ1) is 9.56. The average molecular weight is 273 g/mol. The van der Waals surface area contributed by atoms with Gasteiger partial charge in [-0.05, 0) is 36.6 Å². The van der Waals surface area contributed by atoms with E-state index in [0.29, 0.717) is 13.1 Å². The molecule has 2 aliphatic rings. The Morgan fingerprint density at radius 3 is 3.00 bits per heavy atom. The van der Waals surface area contributed by atoms with Crippen molar-refractivity contribution >= 4 is 11.8 Å². The van der Waals surface area contributed by atoms with E-state index in [2.05, 4.69) is 4.90 Å². The quantitative estimate of drug-likeness (QED) is 0.882. The van der Waals surface area contributed by atoms with Crippen molar-refractivity contribution in [3.05, 3.63) is 34.9 Å². The molecule has 2 aliphatic heterocycles. The second-order valence-corrected chi connectivity index (χ2v) is 5.68. The van der Waals surface area contributed by atoms with Crippen molar-refractivity contribution in [1.82, 2.24) is 9.80 Å². The van der Waals surface area contributed by atoms with E-state index in [1.165, 1.54) is 0 Å². The third-order valence-corrected chi connectivity index (χ3v) is 4.24. The van der Waals surface area contributed by atoms with Crippen LogP contribution in [0.4, 0.5) is 0 Å². The fourth-order valence-corrected chi connectivity index (χ4v) is 3.16. The summed E-state index contributed by atoms with van der Waals surface area (Å²) in [5.74, 6) is -0.172. The van der Waals surface area contributed by atoms with E-state index >= 15 is 0 Å². The van der Waals surface area contributed by atoms with Gasteiger partial charge in [0.25, 0.3) is 5.91 Å². The number of hydrogen-bond acceptors (Lipinski definition) is 3. The molecule has 106 valence electrons. The summed E-state index contributed by atoms with van der Waals surface area (Å²) in [6.07, 6.45) is 1.84. The second-order valence-electron chi connectivity index (χ2n) is 5.68. The van der Waals surface area contributed by atoms with Crippen LogP contribution in [-0.4, -0.2) is 41.2 Å². The molecule has 2 amide bonds. The number of carbonyl (C=O) groups is 2. The number of amides is 2. The molecule has 0 saturated carbocycles. The molecule has 0 aromatic heterocycles. The molecule has 2 N–H and O–H groups in total. The van der Waals surface area contributed by atoms with Gasteiger partial charge in [-0.2, -0.15) is 0 Å². The summed E-state index contributed by atoms with van der Waals surface area (Å²) in [4.78, 5) is 27.2. The largest absolute Gasteiger partial charge is 0.368 e. The molecule has 2 heterocycles. The molecule has 20 heavy (non-hydrogen) atoms. The Kier molecular flexibility index (Phi) is 3.22. The number of nitrogens with zero attached hydrogens (tertiary/aromatic N) is 2. The highest BCUT2D eigenvalue weighted by Crippen LogP contribution is 2.25. The zero-order valence-electron chi connectivity index (χ0n) is 11.6. The van der Waals surface area contributed by atoms with Gasteiger partial charge in [-0.1, -0.05) is 12.1 Å².